The van der Waals surface area contributed by atoms with Crippen LogP contribution in [0.25, 0.3) is 0 Å². The van der Waals surface area contributed by atoms with Crippen molar-refractivity contribution in [2.75, 3.05) is 18.2 Å². The number of carbonyl (C=O) groups is 2. The summed E-state index contributed by atoms with van der Waals surface area (Å²) in [7, 11) is -1.21. The molecule has 1 aliphatic heterocycles. The molecule has 1 atom stereocenters. The molecule has 2 aromatic heterocycles. The lowest BCUT2D eigenvalue weighted by Crippen LogP contribution is -2.44. The number of pyridine rings is 1. The number of aromatic nitrogens is 2. The Balaban J connectivity index is 1.60. The van der Waals surface area contributed by atoms with Gasteiger partial charge in [0.1, 0.15) is 12.5 Å². The predicted octanol–water partition coefficient (Wildman–Crippen LogP) is 3.32. The van der Waals surface area contributed by atoms with E-state index in [-0.39, 0.29) is 17.6 Å². The Kier molecular flexibility index (Phi) is 5.08. The number of aromatic carboxylic acids is 1. The second-order valence-electron chi connectivity index (χ2n) is 8.91. The average Bonchev–Trinajstić information content (AvgIpc) is 3.18. The number of anilines is 1. The summed E-state index contributed by atoms with van der Waals surface area (Å²) in [4.78, 5) is 36.2. The van der Waals surface area contributed by atoms with E-state index in [1.54, 1.807) is 11.1 Å². The van der Waals surface area contributed by atoms with Crippen LogP contribution in [0.1, 0.15) is 32.4 Å². The second-order valence-corrected chi connectivity index (χ2v) is 15.6. The van der Waals surface area contributed by atoms with Gasteiger partial charge in [0.05, 0.1) is 11.1 Å². The second kappa shape index (κ2) is 7.30. The van der Waals surface area contributed by atoms with Gasteiger partial charge in [0, 0.05) is 37.7 Å². The number of hydrogen-bond donors (Lipinski definition) is 1. The Morgan fingerprint density at radius 2 is 2.21 bits per heavy atom. The van der Waals surface area contributed by atoms with Gasteiger partial charge in [-0.1, -0.05) is 25.7 Å². The summed E-state index contributed by atoms with van der Waals surface area (Å²) < 4.78 is 5.87. The first kappa shape index (κ1) is 20.2. The lowest BCUT2D eigenvalue weighted by molar-refractivity contribution is -0.124. The van der Waals surface area contributed by atoms with E-state index in [1.807, 2.05) is 12.1 Å². The molecular weight excluding hydrogens is 406 g/mol. The van der Waals surface area contributed by atoms with Crippen LogP contribution in [0.2, 0.25) is 25.7 Å². The minimum atomic E-state index is -1.21. The highest BCUT2D eigenvalue weighted by atomic mass is 32.1. The highest BCUT2D eigenvalue weighted by Gasteiger charge is 2.53. The number of hydrogen-bond acceptors (Lipinski definition) is 6. The number of rotatable bonds is 6. The predicted molar refractivity (Wildman–Crippen MR) is 113 cm³/mol. The Labute approximate surface area is 174 Å². The van der Waals surface area contributed by atoms with E-state index in [2.05, 4.69) is 29.6 Å². The van der Waals surface area contributed by atoms with Crippen LogP contribution < -0.4 is 4.90 Å². The number of carboxylic acids is 1. The van der Waals surface area contributed by atoms with Crippen LogP contribution in [0.15, 0.2) is 18.3 Å². The number of fused-ring (bicyclic) bond motifs is 3. The molecule has 29 heavy (non-hydrogen) atoms. The minimum absolute atomic E-state index is 0.00451. The smallest absolute Gasteiger partial charge is 0.365 e. The maximum Gasteiger partial charge on any atom is 0.365 e. The van der Waals surface area contributed by atoms with E-state index in [4.69, 9.17) is 4.74 Å². The first-order valence-electron chi connectivity index (χ1n) is 9.78. The van der Waals surface area contributed by atoms with Crippen molar-refractivity contribution in [3.05, 3.63) is 39.5 Å². The van der Waals surface area contributed by atoms with Crippen molar-refractivity contribution >= 4 is 37.1 Å². The van der Waals surface area contributed by atoms with Crippen molar-refractivity contribution < 1.29 is 19.4 Å². The zero-order valence-electron chi connectivity index (χ0n) is 16.9. The standard InChI is InChI=1S/C20H25N3O4SSi/c1-29(2,3)10-9-27-12-23-16-13(5-4-8-21-16)20(19(23)26)7-6-14-15(11-20)28-17(22-14)18(24)25/h4-5,8H,6-7,9-12H2,1-3H3,(H,24,25). The van der Waals surface area contributed by atoms with E-state index in [0.717, 1.165) is 22.2 Å². The van der Waals surface area contributed by atoms with Gasteiger partial charge >= 0.3 is 5.97 Å². The Bertz CT molecular complexity index is 971. The molecular formula is C20H25N3O4SSi. The molecule has 2 aliphatic rings. The first-order chi connectivity index (χ1) is 13.7. The van der Waals surface area contributed by atoms with E-state index < -0.39 is 19.5 Å². The van der Waals surface area contributed by atoms with Crippen molar-refractivity contribution in [1.82, 2.24) is 9.97 Å². The van der Waals surface area contributed by atoms with Gasteiger partial charge in [-0.25, -0.2) is 14.8 Å². The third-order valence-corrected chi connectivity index (χ3v) is 8.43. The third kappa shape index (κ3) is 3.62. The fourth-order valence-electron chi connectivity index (χ4n) is 4.02. The fraction of sp³-hybridized carbons (Fsp3) is 0.500. The molecule has 1 unspecified atom stereocenters. The SMILES string of the molecule is C[Si](C)(C)CCOCN1C(=O)C2(CCc3nc(C(=O)O)sc3C2)c2cccnc21. The Morgan fingerprint density at radius 1 is 1.41 bits per heavy atom. The normalized spacial score (nSPS) is 20.8. The van der Waals surface area contributed by atoms with Gasteiger partial charge in [-0.3, -0.25) is 9.69 Å². The molecule has 7 nitrogen and oxygen atoms in total. The van der Waals surface area contributed by atoms with Crippen molar-refractivity contribution in [2.24, 2.45) is 0 Å². The lowest BCUT2D eigenvalue weighted by atomic mass is 9.71. The zero-order valence-corrected chi connectivity index (χ0v) is 18.7. The molecule has 0 bridgehead atoms. The maximum absolute atomic E-state index is 13.6. The average molecular weight is 432 g/mol. The van der Waals surface area contributed by atoms with Crippen LogP contribution in [0.3, 0.4) is 0 Å². The molecule has 0 fully saturated rings. The summed E-state index contributed by atoms with van der Waals surface area (Å²) in [5.74, 6) is -0.359. The summed E-state index contributed by atoms with van der Waals surface area (Å²) in [5.41, 5.74) is 1.01. The van der Waals surface area contributed by atoms with E-state index in [9.17, 15) is 14.7 Å². The van der Waals surface area contributed by atoms with Crippen LogP contribution >= 0.6 is 11.3 Å². The van der Waals surface area contributed by atoms with Crippen molar-refractivity contribution in [1.29, 1.82) is 0 Å². The molecule has 2 aromatic rings. The Hall–Kier alpha value is -2.10. The maximum atomic E-state index is 13.6. The molecule has 0 saturated heterocycles. The quantitative estimate of drug-likeness (QED) is 0.557. The number of nitrogens with zero attached hydrogens (tertiary/aromatic N) is 3. The van der Waals surface area contributed by atoms with Crippen LogP contribution in [0, 0.1) is 0 Å². The zero-order chi connectivity index (χ0) is 20.8. The molecule has 3 heterocycles. The van der Waals surface area contributed by atoms with Crippen molar-refractivity contribution in [3.8, 4) is 0 Å². The summed E-state index contributed by atoms with van der Waals surface area (Å²) >= 11 is 1.18. The van der Waals surface area contributed by atoms with Crippen molar-refractivity contribution in [2.45, 2.75) is 50.4 Å². The summed E-state index contributed by atoms with van der Waals surface area (Å²) in [6.45, 7) is 7.72. The van der Waals surface area contributed by atoms with Gasteiger partial charge in [0.15, 0.2) is 0 Å². The summed E-state index contributed by atoms with van der Waals surface area (Å²) in [6, 6.07) is 4.86. The molecule has 1 N–H and O–H groups in total. The van der Waals surface area contributed by atoms with Crippen LogP contribution in [-0.4, -0.2) is 48.4 Å². The highest BCUT2D eigenvalue weighted by Crippen LogP contribution is 2.49. The van der Waals surface area contributed by atoms with E-state index in [0.29, 0.717) is 31.7 Å². The molecule has 0 aromatic carbocycles. The molecule has 1 amide bonds. The number of thiazole rings is 1. The summed E-state index contributed by atoms with van der Waals surface area (Å²) in [6.07, 6.45) is 3.36. The number of ether oxygens (including phenoxy) is 1. The molecule has 0 saturated carbocycles. The molecule has 9 heteroatoms. The van der Waals surface area contributed by atoms with Gasteiger partial charge in [-0.15, -0.1) is 11.3 Å². The number of carboxylic acid groups (broad SMARTS) is 1. The third-order valence-electron chi connectivity index (χ3n) is 5.64. The summed E-state index contributed by atoms with van der Waals surface area (Å²) in [5, 5.41) is 9.36. The monoisotopic (exact) mass is 431 g/mol. The lowest BCUT2D eigenvalue weighted by Gasteiger charge is -2.31. The highest BCUT2D eigenvalue weighted by molar-refractivity contribution is 7.13. The molecule has 1 aliphatic carbocycles. The number of carbonyl (C=O) groups excluding carboxylic acids is 1. The molecule has 154 valence electrons. The molecule has 4 rings (SSSR count). The minimum Gasteiger partial charge on any atom is -0.476 e. The van der Waals surface area contributed by atoms with Crippen LogP contribution in [-0.2, 0) is 27.8 Å². The van der Waals surface area contributed by atoms with Crippen molar-refractivity contribution in [3.63, 3.8) is 0 Å². The first-order valence-corrected chi connectivity index (χ1v) is 14.3. The van der Waals surface area contributed by atoms with Gasteiger partial charge in [-0.05, 0) is 25.0 Å². The van der Waals surface area contributed by atoms with Gasteiger partial charge in [0.25, 0.3) is 0 Å². The molecule has 0 radical (unpaired) electrons. The fourth-order valence-corrected chi connectivity index (χ4v) is 5.84. The van der Waals surface area contributed by atoms with Crippen LogP contribution in [0.5, 0.6) is 0 Å². The number of amides is 1. The number of aryl methyl sites for hydroxylation is 1. The van der Waals surface area contributed by atoms with E-state index >= 15 is 0 Å². The molecule has 1 spiro atoms. The topological polar surface area (TPSA) is 92.6 Å². The Morgan fingerprint density at radius 3 is 2.93 bits per heavy atom. The largest absolute Gasteiger partial charge is 0.476 e. The van der Waals surface area contributed by atoms with E-state index in [1.165, 1.54) is 11.3 Å². The van der Waals surface area contributed by atoms with Crippen LogP contribution in [0.4, 0.5) is 5.82 Å². The van der Waals surface area contributed by atoms with Gasteiger partial charge in [0.2, 0.25) is 10.9 Å². The van der Waals surface area contributed by atoms with Gasteiger partial charge < -0.3 is 9.84 Å². The van der Waals surface area contributed by atoms with Gasteiger partial charge in [-0.2, -0.15) is 0 Å².